The second-order valence-corrected chi connectivity index (χ2v) is 6.88. The molecule has 3 amide bonds. The molecule has 0 saturated heterocycles. The van der Waals surface area contributed by atoms with E-state index in [1.165, 1.54) is 16.6 Å². The van der Waals surface area contributed by atoms with Crippen molar-refractivity contribution in [2.24, 2.45) is 0 Å². The monoisotopic (exact) mass is 337 g/mol. The quantitative estimate of drug-likeness (QED) is 0.694. The molecule has 2 aromatic rings. The van der Waals surface area contributed by atoms with Gasteiger partial charge in [0.15, 0.2) is 0 Å². The van der Waals surface area contributed by atoms with Gasteiger partial charge in [0.1, 0.15) is 5.82 Å². The van der Waals surface area contributed by atoms with Crippen molar-refractivity contribution in [1.82, 2.24) is 25.8 Å². The Morgan fingerprint density at radius 1 is 1.45 bits per heavy atom. The molecule has 3 rings (SSSR count). The molecule has 0 unspecified atom stereocenters. The number of hydrogen-bond acceptors (Lipinski definition) is 6. The normalized spacial score (nSPS) is 13.8. The molecule has 0 aromatic carbocycles. The first-order valence-electron chi connectivity index (χ1n) is 6.86. The van der Waals surface area contributed by atoms with Crippen LogP contribution in [0.4, 0.5) is 4.79 Å². The smallest absolute Gasteiger partial charge is 0.321 e. The highest BCUT2D eigenvalue weighted by Crippen LogP contribution is 2.18. The molecule has 1 aliphatic rings. The van der Waals surface area contributed by atoms with Crippen molar-refractivity contribution in [3.8, 4) is 0 Å². The summed E-state index contributed by atoms with van der Waals surface area (Å²) in [5.74, 6) is 0.513. The first-order valence-corrected chi connectivity index (χ1v) is 8.72. The van der Waals surface area contributed by atoms with Gasteiger partial charge in [-0.15, -0.1) is 16.4 Å². The van der Waals surface area contributed by atoms with Crippen molar-refractivity contribution < 1.29 is 9.59 Å². The highest BCUT2D eigenvalue weighted by molar-refractivity contribution is 7.99. The van der Waals surface area contributed by atoms with E-state index in [-0.39, 0.29) is 17.7 Å². The molecule has 9 heteroatoms. The summed E-state index contributed by atoms with van der Waals surface area (Å²) in [6, 6.07) is 3.82. The minimum Gasteiger partial charge on any atom is -0.335 e. The number of H-pyrrole nitrogens is 1. The van der Waals surface area contributed by atoms with Gasteiger partial charge < -0.3 is 5.32 Å². The Bertz CT molecular complexity index is 651. The summed E-state index contributed by atoms with van der Waals surface area (Å²) in [7, 11) is 0. The summed E-state index contributed by atoms with van der Waals surface area (Å²) in [5, 5.41) is 14.4. The predicted octanol–water partition coefficient (Wildman–Crippen LogP) is 1.54. The number of nitrogens with one attached hydrogen (secondary N) is 3. The lowest BCUT2D eigenvalue weighted by molar-refractivity contribution is -0.117. The molecule has 1 saturated carbocycles. The highest BCUT2D eigenvalue weighted by Gasteiger charge is 2.23. The molecule has 1 fully saturated rings. The largest absolute Gasteiger partial charge is 0.335 e. The zero-order chi connectivity index (χ0) is 15.4. The van der Waals surface area contributed by atoms with E-state index in [2.05, 4.69) is 25.8 Å². The topological polar surface area (TPSA) is 99.8 Å². The van der Waals surface area contributed by atoms with E-state index >= 15 is 0 Å². The lowest BCUT2D eigenvalue weighted by Crippen LogP contribution is -2.41. The molecule has 116 valence electrons. The van der Waals surface area contributed by atoms with Crippen molar-refractivity contribution in [3.63, 3.8) is 0 Å². The number of aromatic nitrogens is 3. The molecule has 0 radical (unpaired) electrons. The Balaban J connectivity index is 1.42. The Morgan fingerprint density at radius 2 is 2.32 bits per heavy atom. The van der Waals surface area contributed by atoms with Gasteiger partial charge in [0.05, 0.1) is 5.75 Å². The van der Waals surface area contributed by atoms with Crippen LogP contribution in [-0.2, 0) is 11.2 Å². The number of rotatable bonds is 6. The zero-order valence-electron chi connectivity index (χ0n) is 11.7. The number of hydrogen-bond donors (Lipinski definition) is 3. The Morgan fingerprint density at radius 3 is 3.05 bits per heavy atom. The van der Waals surface area contributed by atoms with Crippen LogP contribution >= 0.6 is 23.1 Å². The Hall–Kier alpha value is -1.87. The fraction of sp³-hybridized carbons (Fsp3) is 0.385. The van der Waals surface area contributed by atoms with Crippen LogP contribution in [0.25, 0.3) is 0 Å². The maximum absolute atomic E-state index is 11.6. The van der Waals surface area contributed by atoms with Gasteiger partial charge in [-0.05, 0) is 24.3 Å². The van der Waals surface area contributed by atoms with Crippen LogP contribution in [0, 0.1) is 0 Å². The van der Waals surface area contributed by atoms with E-state index in [0.717, 1.165) is 18.7 Å². The fourth-order valence-electron chi connectivity index (χ4n) is 1.74. The average molecular weight is 337 g/mol. The third-order valence-electron chi connectivity index (χ3n) is 2.93. The van der Waals surface area contributed by atoms with Crippen molar-refractivity contribution in [1.29, 1.82) is 0 Å². The van der Waals surface area contributed by atoms with Gasteiger partial charge in [-0.1, -0.05) is 17.8 Å². The number of imide groups is 1. The van der Waals surface area contributed by atoms with E-state index in [4.69, 9.17) is 0 Å². The van der Waals surface area contributed by atoms with E-state index in [1.54, 1.807) is 11.3 Å². The highest BCUT2D eigenvalue weighted by atomic mass is 32.2. The SMILES string of the molecule is O=C(CSc1n[nH]c(Cc2cccs2)n1)NC(=O)NC1CC1. The molecule has 22 heavy (non-hydrogen) atoms. The first-order chi connectivity index (χ1) is 10.7. The molecule has 2 heterocycles. The minimum absolute atomic E-state index is 0.106. The number of nitrogens with zero attached hydrogens (tertiary/aromatic N) is 2. The zero-order valence-corrected chi connectivity index (χ0v) is 13.3. The summed E-state index contributed by atoms with van der Waals surface area (Å²) in [6.45, 7) is 0. The van der Waals surface area contributed by atoms with Crippen molar-refractivity contribution >= 4 is 35.0 Å². The van der Waals surface area contributed by atoms with Crippen molar-refractivity contribution in [2.75, 3.05) is 5.75 Å². The minimum atomic E-state index is -0.429. The molecule has 0 aliphatic heterocycles. The number of amides is 3. The summed E-state index contributed by atoms with van der Waals surface area (Å²) in [6.07, 6.45) is 2.67. The van der Waals surface area contributed by atoms with Gasteiger partial charge in [-0.25, -0.2) is 9.78 Å². The summed E-state index contributed by atoms with van der Waals surface area (Å²) >= 11 is 2.86. The number of carbonyl (C=O) groups is 2. The van der Waals surface area contributed by atoms with Crippen molar-refractivity contribution in [2.45, 2.75) is 30.5 Å². The average Bonchev–Trinajstić information content (AvgIpc) is 2.98. The summed E-state index contributed by atoms with van der Waals surface area (Å²) in [5.41, 5.74) is 0. The molecular weight excluding hydrogens is 322 g/mol. The van der Waals surface area contributed by atoms with Gasteiger partial charge >= 0.3 is 6.03 Å². The number of urea groups is 1. The number of thioether (sulfide) groups is 1. The lowest BCUT2D eigenvalue weighted by Gasteiger charge is -2.03. The molecule has 0 bridgehead atoms. The third kappa shape index (κ3) is 4.57. The van der Waals surface area contributed by atoms with E-state index in [1.807, 2.05) is 17.5 Å². The summed E-state index contributed by atoms with van der Waals surface area (Å²) < 4.78 is 0. The number of aromatic amines is 1. The van der Waals surface area contributed by atoms with Crippen molar-refractivity contribution in [3.05, 3.63) is 28.2 Å². The van der Waals surface area contributed by atoms with Crippen LogP contribution in [0.2, 0.25) is 0 Å². The molecule has 7 nitrogen and oxygen atoms in total. The van der Waals surface area contributed by atoms with Gasteiger partial charge in [-0.2, -0.15) is 0 Å². The first kappa shape index (κ1) is 15.0. The maximum atomic E-state index is 11.6. The maximum Gasteiger partial charge on any atom is 0.321 e. The van der Waals surface area contributed by atoms with Gasteiger partial charge in [0.25, 0.3) is 0 Å². The Kier molecular flexibility index (Phi) is 4.74. The van der Waals surface area contributed by atoms with E-state index in [9.17, 15) is 9.59 Å². The Labute approximate surface area is 135 Å². The van der Waals surface area contributed by atoms with Crippen LogP contribution < -0.4 is 10.6 Å². The van der Waals surface area contributed by atoms with Gasteiger partial charge in [-0.3, -0.25) is 15.2 Å². The van der Waals surface area contributed by atoms with Gasteiger partial charge in [0, 0.05) is 17.3 Å². The second kappa shape index (κ2) is 6.93. The molecule has 1 aliphatic carbocycles. The summed E-state index contributed by atoms with van der Waals surface area (Å²) in [4.78, 5) is 28.6. The molecule has 0 spiro atoms. The fourth-order valence-corrected chi connectivity index (χ4v) is 3.07. The van der Waals surface area contributed by atoms with Crippen LogP contribution in [-0.4, -0.2) is 38.9 Å². The lowest BCUT2D eigenvalue weighted by atomic mass is 10.3. The van der Waals surface area contributed by atoms with Crippen LogP contribution in [0.1, 0.15) is 23.5 Å². The van der Waals surface area contributed by atoms with Crippen LogP contribution in [0.3, 0.4) is 0 Å². The number of carbonyl (C=O) groups excluding carboxylic acids is 2. The second-order valence-electron chi connectivity index (χ2n) is 4.91. The van der Waals surface area contributed by atoms with Crippen LogP contribution in [0.5, 0.6) is 0 Å². The third-order valence-corrected chi connectivity index (χ3v) is 4.65. The van der Waals surface area contributed by atoms with E-state index < -0.39 is 6.03 Å². The molecular formula is C13H15N5O2S2. The number of thiophene rings is 1. The molecule has 3 N–H and O–H groups in total. The van der Waals surface area contributed by atoms with Gasteiger partial charge in [0.2, 0.25) is 11.1 Å². The molecule has 2 aromatic heterocycles. The standard InChI is InChI=1S/C13H15N5O2S2/c19-11(16-12(20)14-8-3-4-8)7-22-13-15-10(17-18-13)6-9-2-1-5-21-9/h1-2,5,8H,3-4,6-7H2,(H,15,17,18)(H2,14,16,19,20). The molecule has 0 atom stereocenters. The van der Waals surface area contributed by atoms with Crippen LogP contribution in [0.15, 0.2) is 22.7 Å². The van der Waals surface area contributed by atoms with E-state index in [0.29, 0.717) is 11.6 Å². The predicted molar refractivity (Wildman–Crippen MR) is 83.9 cm³/mol.